The molecule has 0 radical (unpaired) electrons. The predicted octanol–water partition coefficient (Wildman–Crippen LogP) is 4.55. The first-order valence-electron chi connectivity index (χ1n) is 13.2. The van der Waals surface area contributed by atoms with Gasteiger partial charge in [0.1, 0.15) is 17.7 Å². The lowest BCUT2D eigenvalue weighted by molar-refractivity contribution is -0.137. The van der Waals surface area contributed by atoms with Gasteiger partial charge in [-0.05, 0) is 48.7 Å². The second-order valence-electron chi connectivity index (χ2n) is 9.78. The van der Waals surface area contributed by atoms with Gasteiger partial charge in [-0.1, -0.05) is 12.1 Å². The van der Waals surface area contributed by atoms with E-state index in [0.29, 0.717) is 42.8 Å². The molecule has 3 aromatic rings. The monoisotopic (exact) mass is 592 g/mol. The Morgan fingerprint density at radius 2 is 1.93 bits per heavy atom. The maximum absolute atomic E-state index is 15.0. The van der Waals surface area contributed by atoms with Crippen LogP contribution in [0.5, 0.6) is 5.75 Å². The zero-order valence-corrected chi connectivity index (χ0v) is 22.6. The van der Waals surface area contributed by atoms with Gasteiger partial charge in [0.25, 0.3) is 11.5 Å². The number of likely N-dealkylation sites (tertiary alicyclic amines) is 1. The highest BCUT2D eigenvalue weighted by Crippen LogP contribution is 2.33. The van der Waals surface area contributed by atoms with Crippen LogP contribution in [-0.4, -0.2) is 60.7 Å². The Balaban J connectivity index is 1.46. The van der Waals surface area contributed by atoms with Crippen molar-refractivity contribution in [1.29, 1.82) is 0 Å². The van der Waals surface area contributed by atoms with Gasteiger partial charge in [0.15, 0.2) is 0 Å². The number of ether oxygens (including phenoxy) is 1. The third kappa shape index (κ3) is 7.93. The Kier molecular flexibility index (Phi) is 9.61. The fourth-order valence-electron chi connectivity index (χ4n) is 4.60. The quantitative estimate of drug-likeness (QED) is 0.300. The normalized spacial score (nSPS) is 15.4. The topological polar surface area (TPSA) is 104 Å². The molecule has 0 bridgehead atoms. The average Bonchev–Trinajstić information content (AvgIpc) is 3.34. The molecule has 1 fully saturated rings. The number of hydrogen-bond acceptors (Lipinski definition) is 5. The van der Waals surface area contributed by atoms with Crippen molar-refractivity contribution in [2.45, 2.75) is 32.1 Å². The Hall–Kier alpha value is -4.26. The van der Waals surface area contributed by atoms with Crippen LogP contribution in [0.15, 0.2) is 53.5 Å². The molecule has 0 spiro atoms. The number of nitrogens with zero attached hydrogens (tertiary/aromatic N) is 1. The first-order valence-corrected chi connectivity index (χ1v) is 13.2. The van der Waals surface area contributed by atoms with Crippen molar-refractivity contribution in [2.24, 2.45) is 0 Å². The van der Waals surface area contributed by atoms with Crippen molar-refractivity contribution in [1.82, 2.24) is 15.2 Å². The molecule has 2 aromatic carbocycles. The first-order chi connectivity index (χ1) is 19.9. The van der Waals surface area contributed by atoms with Gasteiger partial charge in [0.05, 0.1) is 18.6 Å². The van der Waals surface area contributed by atoms with Gasteiger partial charge >= 0.3 is 6.18 Å². The SMILES string of the molecule is CCOc1cc(=O)[nH]cc1-c1ccc(CC(=O)Nc2cc(C(=O)NCCN3CC[C@@H](F)C3)cc(C(F)(F)F)c2)c(F)c1. The third-order valence-electron chi connectivity index (χ3n) is 6.64. The molecule has 224 valence electrons. The third-order valence-corrected chi connectivity index (χ3v) is 6.64. The second-order valence-corrected chi connectivity index (χ2v) is 9.78. The zero-order chi connectivity index (χ0) is 30.4. The van der Waals surface area contributed by atoms with Gasteiger partial charge in [0.2, 0.25) is 5.91 Å². The van der Waals surface area contributed by atoms with Gasteiger partial charge in [-0.15, -0.1) is 0 Å². The first kappa shape index (κ1) is 30.7. The maximum atomic E-state index is 15.0. The van der Waals surface area contributed by atoms with E-state index >= 15 is 0 Å². The largest absolute Gasteiger partial charge is 0.493 e. The van der Waals surface area contributed by atoms with Crippen molar-refractivity contribution in [3.63, 3.8) is 0 Å². The standard InChI is InChI=1S/C29H29F5N4O4/c1-2-42-25-14-26(39)36-15-23(25)17-3-4-18(24(31)11-17)12-27(40)37-22-10-19(9-20(13-22)29(32,33)34)28(41)35-6-8-38-7-5-21(30)16-38/h3-4,9-11,13-15,21H,2,5-8,12,16H2,1H3,(H,35,41)(H,36,39)(H,37,40)/t21-/m1/s1. The lowest BCUT2D eigenvalue weighted by Gasteiger charge is -2.16. The summed E-state index contributed by atoms with van der Waals surface area (Å²) in [5, 5.41) is 4.83. The fourth-order valence-corrected chi connectivity index (χ4v) is 4.60. The highest BCUT2D eigenvalue weighted by atomic mass is 19.4. The van der Waals surface area contributed by atoms with E-state index in [1.807, 2.05) is 0 Å². The highest BCUT2D eigenvalue weighted by molar-refractivity contribution is 5.98. The molecule has 13 heteroatoms. The smallest absolute Gasteiger partial charge is 0.416 e. The van der Waals surface area contributed by atoms with Crippen LogP contribution >= 0.6 is 0 Å². The number of benzene rings is 2. The molecule has 2 heterocycles. The predicted molar refractivity (Wildman–Crippen MR) is 146 cm³/mol. The molecule has 8 nitrogen and oxygen atoms in total. The maximum Gasteiger partial charge on any atom is 0.416 e. The molecule has 3 N–H and O–H groups in total. The van der Waals surface area contributed by atoms with E-state index in [2.05, 4.69) is 15.6 Å². The van der Waals surface area contributed by atoms with E-state index in [0.717, 1.165) is 12.1 Å². The van der Waals surface area contributed by atoms with Crippen LogP contribution < -0.4 is 20.9 Å². The summed E-state index contributed by atoms with van der Waals surface area (Å²) in [4.78, 5) is 41.2. The number of nitrogens with one attached hydrogen (secondary N) is 3. The molecule has 1 aliphatic heterocycles. The number of amides is 2. The van der Waals surface area contributed by atoms with Gasteiger partial charge in [0, 0.05) is 55.3 Å². The summed E-state index contributed by atoms with van der Waals surface area (Å²) in [5.41, 5.74) is -1.39. The van der Waals surface area contributed by atoms with Crippen molar-refractivity contribution >= 4 is 17.5 Å². The van der Waals surface area contributed by atoms with Crippen LogP contribution in [0.1, 0.15) is 34.8 Å². The molecule has 0 saturated carbocycles. The molecule has 42 heavy (non-hydrogen) atoms. The van der Waals surface area contributed by atoms with Crippen molar-refractivity contribution in [2.75, 3.05) is 38.1 Å². The number of pyridine rings is 1. The van der Waals surface area contributed by atoms with Crippen LogP contribution in [0, 0.1) is 5.82 Å². The van der Waals surface area contributed by atoms with E-state index in [4.69, 9.17) is 4.74 Å². The fraction of sp³-hybridized carbons (Fsp3) is 0.345. The molecule has 0 unspecified atom stereocenters. The molecule has 1 saturated heterocycles. The van der Waals surface area contributed by atoms with E-state index in [9.17, 15) is 36.3 Å². The Morgan fingerprint density at radius 3 is 2.60 bits per heavy atom. The highest BCUT2D eigenvalue weighted by Gasteiger charge is 2.32. The van der Waals surface area contributed by atoms with Gasteiger partial charge < -0.3 is 20.4 Å². The van der Waals surface area contributed by atoms with E-state index in [1.165, 1.54) is 24.4 Å². The van der Waals surface area contributed by atoms with E-state index < -0.39 is 47.5 Å². The number of alkyl halides is 4. The Labute approximate surface area is 237 Å². The molecular weight excluding hydrogens is 563 g/mol. The number of hydrogen-bond donors (Lipinski definition) is 3. The molecule has 4 rings (SSSR count). The molecule has 2 amide bonds. The van der Waals surface area contributed by atoms with Gasteiger partial charge in [-0.2, -0.15) is 13.2 Å². The lowest BCUT2D eigenvalue weighted by atomic mass is 10.0. The lowest BCUT2D eigenvalue weighted by Crippen LogP contribution is -2.34. The van der Waals surface area contributed by atoms with Crippen LogP contribution in [0.4, 0.5) is 27.6 Å². The number of anilines is 1. The molecule has 1 atom stereocenters. The molecule has 0 aliphatic carbocycles. The van der Waals surface area contributed by atoms with Crippen LogP contribution in [0.25, 0.3) is 11.1 Å². The number of rotatable bonds is 10. The van der Waals surface area contributed by atoms with E-state index in [1.54, 1.807) is 11.8 Å². The van der Waals surface area contributed by atoms with Crippen molar-refractivity contribution in [3.05, 3.63) is 81.5 Å². The number of H-pyrrole nitrogens is 1. The summed E-state index contributed by atoms with van der Waals surface area (Å²) in [6.45, 7) is 3.21. The Morgan fingerprint density at radius 1 is 1.14 bits per heavy atom. The summed E-state index contributed by atoms with van der Waals surface area (Å²) in [6, 6.07) is 7.71. The number of aromatic nitrogens is 1. The van der Waals surface area contributed by atoms with Crippen molar-refractivity contribution < 1.29 is 36.3 Å². The van der Waals surface area contributed by atoms with Crippen molar-refractivity contribution in [3.8, 4) is 16.9 Å². The molecular formula is C29H29F5N4O4. The van der Waals surface area contributed by atoms with Gasteiger partial charge in [-0.25, -0.2) is 8.78 Å². The number of carbonyl (C=O) groups is 2. The van der Waals surface area contributed by atoms with Gasteiger partial charge in [-0.3, -0.25) is 19.3 Å². The van der Waals surface area contributed by atoms with Crippen LogP contribution in [-0.2, 0) is 17.4 Å². The minimum atomic E-state index is -4.80. The van der Waals surface area contributed by atoms with E-state index in [-0.39, 0.29) is 42.3 Å². The number of aromatic amines is 1. The molecule has 1 aromatic heterocycles. The minimum absolute atomic E-state index is 0.0268. The number of carbonyl (C=O) groups excluding carboxylic acids is 2. The summed E-state index contributed by atoms with van der Waals surface area (Å²) >= 11 is 0. The average molecular weight is 593 g/mol. The summed E-state index contributed by atoms with van der Waals surface area (Å²) in [5.74, 6) is -2.10. The van der Waals surface area contributed by atoms with Crippen LogP contribution in [0.3, 0.4) is 0 Å². The molecule has 1 aliphatic rings. The Bertz CT molecular complexity index is 1510. The zero-order valence-electron chi connectivity index (χ0n) is 22.6. The summed E-state index contributed by atoms with van der Waals surface area (Å²) in [6.07, 6.45) is -4.47. The van der Waals surface area contributed by atoms with Crippen LogP contribution in [0.2, 0.25) is 0 Å². The number of halogens is 5. The summed E-state index contributed by atoms with van der Waals surface area (Å²) in [7, 11) is 0. The summed E-state index contributed by atoms with van der Waals surface area (Å²) < 4.78 is 74.4. The minimum Gasteiger partial charge on any atom is -0.493 e. The second kappa shape index (κ2) is 13.1.